The molecule has 0 fully saturated rings. The molecular formula is C17H19NO2. The molecule has 0 aliphatic rings. The van der Waals surface area contributed by atoms with E-state index in [9.17, 15) is 0 Å². The summed E-state index contributed by atoms with van der Waals surface area (Å²) in [5, 5.41) is 5.37. The van der Waals surface area contributed by atoms with Crippen LogP contribution in [0.2, 0.25) is 0 Å². The first-order chi connectivity index (χ1) is 9.59. The van der Waals surface area contributed by atoms with E-state index in [1.165, 1.54) is 0 Å². The third-order valence-electron chi connectivity index (χ3n) is 3.34. The summed E-state index contributed by atoms with van der Waals surface area (Å²) in [7, 11) is 1.93. The van der Waals surface area contributed by atoms with Crippen LogP contribution in [0.3, 0.4) is 0 Å². The fourth-order valence-corrected chi connectivity index (χ4v) is 2.55. The molecule has 0 amide bonds. The summed E-state index contributed by atoms with van der Waals surface area (Å²) >= 11 is 0. The van der Waals surface area contributed by atoms with E-state index in [2.05, 4.69) is 31.3 Å². The SMILES string of the molecule is CNCC(C)(C)Oc1ccc2oc3ccccc3c2c1. The first-order valence-corrected chi connectivity index (χ1v) is 6.84. The summed E-state index contributed by atoms with van der Waals surface area (Å²) in [6.07, 6.45) is 0. The van der Waals surface area contributed by atoms with Crippen LogP contribution in [0.1, 0.15) is 13.8 Å². The van der Waals surface area contributed by atoms with Gasteiger partial charge in [-0.2, -0.15) is 0 Å². The van der Waals surface area contributed by atoms with E-state index in [0.717, 1.165) is 34.2 Å². The summed E-state index contributed by atoms with van der Waals surface area (Å²) < 4.78 is 11.9. The molecule has 3 aromatic rings. The summed E-state index contributed by atoms with van der Waals surface area (Å²) in [5.74, 6) is 0.865. The molecular weight excluding hydrogens is 250 g/mol. The molecule has 3 nitrogen and oxygen atoms in total. The highest BCUT2D eigenvalue weighted by Gasteiger charge is 2.19. The molecule has 104 valence electrons. The van der Waals surface area contributed by atoms with Crippen molar-refractivity contribution in [3.8, 4) is 5.75 Å². The van der Waals surface area contributed by atoms with Crippen LogP contribution >= 0.6 is 0 Å². The van der Waals surface area contributed by atoms with Gasteiger partial charge in [0.05, 0.1) is 0 Å². The lowest BCUT2D eigenvalue weighted by molar-refractivity contribution is 0.111. The second-order valence-electron chi connectivity index (χ2n) is 5.65. The maximum absolute atomic E-state index is 6.06. The number of fused-ring (bicyclic) bond motifs is 3. The standard InChI is InChI=1S/C17H19NO2/c1-17(2,11-18-3)20-12-8-9-16-14(10-12)13-6-4-5-7-15(13)19-16/h4-10,18H,11H2,1-3H3. The first-order valence-electron chi connectivity index (χ1n) is 6.84. The first kappa shape index (κ1) is 13.0. The van der Waals surface area contributed by atoms with Crippen LogP contribution in [-0.4, -0.2) is 19.2 Å². The number of ether oxygens (including phenoxy) is 1. The molecule has 0 spiro atoms. The minimum atomic E-state index is -0.248. The molecule has 20 heavy (non-hydrogen) atoms. The fraction of sp³-hybridized carbons (Fsp3) is 0.294. The number of furan rings is 1. The number of rotatable bonds is 4. The van der Waals surface area contributed by atoms with Gasteiger partial charge < -0.3 is 14.5 Å². The average Bonchev–Trinajstić information content (AvgIpc) is 2.76. The molecule has 0 radical (unpaired) electrons. The Kier molecular flexibility index (Phi) is 3.14. The van der Waals surface area contributed by atoms with E-state index in [-0.39, 0.29) is 5.60 Å². The Labute approximate surface area is 118 Å². The molecule has 3 rings (SSSR count). The van der Waals surface area contributed by atoms with Gasteiger partial charge in [0.15, 0.2) is 0 Å². The Morgan fingerprint density at radius 2 is 1.80 bits per heavy atom. The van der Waals surface area contributed by atoms with Gasteiger partial charge in [-0.05, 0) is 45.2 Å². The van der Waals surface area contributed by atoms with Crippen molar-refractivity contribution in [2.45, 2.75) is 19.4 Å². The van der Waals surface area contributed by atoms with Crippen molar-refractivity contribution in [1.29, 1.82) is 0 Å². The van der Waals surface area contributed by atoms with E-state index in [4.69, 9.17) is 9.15 Å². The number of hydrogen-bond donors (Lipinski definition) is 1. The Morgan fingerprint density at radius 1 is 1.05 bits per heavy atom. The lowest BCUT2D eigenvalue weighted by atomic mass is 10.1. The third-order valence-corrected chi connectivity index (χ3v) is 3.34. The van der Waals surface area contributed by atoms with Gasteiger partial charge in [0.25, 0.3) is 0 Å². The van der Waals surface area contributed by atoms with Gasteiger partial charge in [0, 0.05) is 17.3 Å². The minimum Gasteiger partial charge on any atom is -0.487 e. The second kappa shape index (κ2) is 4.84. The number of nitrogens with one attached hydrogen (secondary N) is 1. The normalized spacial score (nSPS) is 12.2. The van der Waals surface area contributed by atoms with Gasteiger partial charge in [-0.3, -0.25) is 0 Å². The van der Waals surface area contributed by atoms with Gasteiger partial charge in [-0.15, -0.1) is 0 Å². The predicted molar refractivity (Wildman–Crippen MR) is 82.4 cm³/mol. The highest BCUT2D eigenvalue weighted by atomic mass is 16.5. The average molecular weight is 269 g/mol. The summed E-state index contributed by atoms with van der Waals surface area (Å²) in [6.45, 7) is 4.93. The van der Waals surface area contributed by atoms with Crippen LogP contribution < -0.4 is 10.1 Å². The van der Waals surface area contributed by atoms with Crippen molar-refractivity contribution in [3.63, 3.8) is 0 Å². The second-order valence-corrected chi connectivity index (χ2v) is 5.65. The zero-order valence-electron chi connectivity index (χ0n) is 12.1. The number of para-hydroxylation sites is 1. The molecule has 3 heteroatoms. The van der Waals surface area contributed by atoms with Crippen LogP contribution in [0.4, 0.5) is 0 Å². The van der Waals surface area contributed by atoms with Gasteiger partial charge in [0.2, 0.25) is 0 Å². The van der Waals surface area contributed by atoms with Crippen LogP contribution in [0.15, 0.2) is 46.9 Å². The van der Waals surface area contributed by atoms with Gasteiger partial charge in [-0.25, -0.2) is 0 Å². The van der Waals surface area contributed by atoms with Crippen LogP contribution in [-0.2, 0) is 0 Å². The highest BCUT2D eigenvalue weighted by molar-refractivity contribution is 6.05. The van der Waals surface area contributed by atoms with E-state index in [0.29, 0.717) is 0 Å². The van der Waals surface area contributed by atoms with Gasteiger partial charge >= 0.3 is 0 Å². The Balaban J connectivity index is 2.03. The van der Waals surface area contributed by atoms with E-state index in [1.807, 2.05) is 37.4 Å². The summed E-state index contributed by atoms with van der Waals surface area (Å²) in [4.78, 5) is 0. The van der Waals surface area contributed by atoms with Crippen LogP contribution in [0, 0.1) is 0 Å². The van der Waals surface area contributed by atoms with Crippen molar-refractivity contribution >= 4 is 21.9 Å². The van der Waals surface area contributed by atoms with E-state index in [1.54, 1.807) is 0 Å². The topological polar surface area (TPSA) is 34.4 Å². The van der Waals surface area contributed by atoms with Crippen LogP contribution in [0.5, 0.6) is 5.75 Å². The maximum Gasteiger partial charge on any atom is 0.135 e. The van der Waals surface area contributed by atoms with Crippen molar-refractivity contribution < 1.29 is 9.15 Å². The van der Waals surface area contributed by atoms with Crippen molar-refractivity contribution in [2.75, 3.05) is 13.6 Å². The van der Waals surface area contributed by atoms with Crippen LogP contribution in [0.25, 0.3) is 21.9 Å². The molecule has 0 aliphatic heterocycles. The van der Waals surface area contributed by atoms with Crippen molar-refractivity contribution in [3.05, 3.63) is 42.5 Å². The maximum atomic E-state index is 6.06. The largest absolute Gasteiger partial charge is 0.487 e. The number of hydrogen-bond acceptors (Lipinski definition) is 3. The van der Waals surface area contributed by atoms with E-state index < -0.39 is 0 Å². The minimum absolute atomic E-state index is 0.248. The Bertz CT molecular complexity index is 743. The predicted octanol–water partition coefficient (Wildman–Crippen LogP) is 3.96. The summed E-state index contributed by atoms with van der Waals surface area (Å²) in [6, 6.07) is 14.1. The third kappa shape index (κ3) is 2.37. The van der Waals surface area contributed by atoms with Gasteiger partial charge in [-0.1, -0.05) is 18.2 Å². The van der Waals surface area contributed by atoms with Crippen molar-refractivity contribution in [1.82, 2.24) is 5.32 Å². The van der Waals surface area contributed by atoms with E-state index >= 15 is 0 Å². The zero-order valence-corrected chi connectivity index (χ0v) is 12.1. The molecule has 1 aromatic heterocycles. The molecule has 0 aliphatic carbocycles. The molecule has 0 bridgehead atoms. The molecule has 0 unspecified atom stereocenters. The molecule has 1 heterocycles. The fourth-order valence-electron chi connectivity index (χ4n) is 2.55. The molecule has 0 atom stereocenters. The zero-order chi connectivity index (χ0) is 14.2. The quantitative estimate of drug-likeness (QED) is 0.778. The molecule has 2 aromatic carbocycles. The number of likely N-dealkylation sites (N-methyl/N-ethyl adjacent to an activating group) is 1. The highest BCUT2D eigenvalue weighted by Crippen LogP contribution is 2.32. The van der Waals surface area contributed by atoms with Crippen molar-refractivity contribution in [2.24, 2.45) is 0 Å². The Hall–Kier alpha value is -2.00. The lowest BCUT2D eigenvalue weighted by Crippen LogP contribution is -2.38. The Morgan fingerprint density at radius 3 is 2.60 bits per heavy atom. The van der Waals surface area contributed by atoms with Gasteiger partial charge in [0.1, 0.15) is 22.5 Å². The summed E-state index contributed by atoms with van der Waals surface area (Å²) in [5.41, 5.74) is 1.56. The molecule has 0 saturated heterocycles. The molecule has 0 saturated carbocycles. The number of benzene rings is 2. The lowest BCUT2D eigenvalue weighted by Gasteiger charge is -2.26. The molecule has 1 N–H and O–H groups in total. The smallest absolute Gasteiger partial charge is 0.135 e. The monoisotopic (exact) mass is 269 g/mol.